The van der Waals surface area contributed by atoms with Crippen LogP contribution in [0.15, 0.2) is 0 Å². The maximum Gasteiger partial charge on any atom is 0.0985 e. The third kappa shape index (κ3) is 16.8. The highest BCUT2D eigenvalue weighted by Crippen LogP contribution is 1.85. The molecule has 0 aromatic rings. The number of aliphatic hydroxyl groups is 1. The number of carbonyl (C=O) groups excluding carboxylic acids is 2. The predicted molar refractivity (Wildman–Crippen MR) is 73.3 cm³/mol. The number of nitrogens with two attached hydrogens (primary N) is 2. The molecule has 22 heavy (non-hydrogen) atoms. The van der Waals surface area contributed by atoms with Crippen molar-refractivity contribution in [3.63, 3.8) is 0 Å². The number of hydrogen-bond donors (Lipinski definition) is 5. The minimum Gasteiger partial charge on any atom is -0.550 e. The molecule has 2 heterocycles. The number of piperazine rings is 2. The summed E-state index contributed by atoms with van der Waals surface area (Å²) in [7, 11) is 0. The van der Waals surface area contributed by atoms with E-state index in [1.807, 2.05) is 0 Å². The Morgan fingerprint density at radius 1 is 0.955 bits per heavy atom. The van der Waals surface area contributed by atoms with E-state index in [1.54, 1.807) is 0 Å². The molecule has 0 bridgehead atoms. The van der Waals surface area contributed by atoms with E-state index in [-0.39, 0.29) is 5.48 Å². The van der Waals surface area contributed by atoms with Crippen molar-refractivity contribution in [2.75, 3.05) is 52.4 Å². The molecule has 10 heteroatoms. The molecule has 0 aromatic heterocycles. The molecule has 0 aromatic carbocycles. The first kappa shape index (κ1) is 23.0. The Bertz CT molecular complexity index is 250. The van der Waals surface area contributed by atoms with E-state index in [0.717, 1.165) is 0 Å². The maximum atomic E-state index is 9.58. The van der Waals surface area contributed by atoms with Crippen LogP contribution in [0.2, 0.25) is 0 Å². The molecule has 1 atom stereocenters. The fourth-order valence-electron chi connectivity index (χ4n) is 1.60. The lowest BCUT2D eigenvalue weighted by molar-refractivity contribution is -0.657. The van der Waals surface area contributed by atoms with Gasteiger partial charge in [-0.3, -0.25) is 0 Å². The summed E-state index contributed by atoms with van der Waals surface area (Å²) in [5, 5.41) is 38.5. The Balaban J connectivity index is 0. The summed E-state index contributed by atoms with van der Waals surface area (Å²) in [5.41, 5.74) is 0. The van der Waals surface area contributed by atoms with Gasteiger partial charge in [0.2, 0.25) is 0 Å². The molecule has 9 N–H and O–H groups in total. The Hall–Kier alpha value is -1.30. The quantitative estimate of drug-likeness (QED) is 0.340. The Labute approximate surface area is 129 Å². The van der Waals surface area contributed by atoms with E-state index in [0.29, 0.717) is 0 Å². The molecule has 2 aliphatic rings. The van der Waals surface area contributed by atoms with Crippen molar-refractivity contribution in [3.05, 3.63) is 0 Å². The van der Waals surface area contributed by atoms with Gasteiger partial charge in [0.25, 0.3) is 0 Å². The van der Waals surface area contributed by atoms with Crippen LogP contribution in [0, 0.1) is 0 Å². The summed E-state index contributed by atoms with van der Waals surface area (Å²) < 4.78 is 0. The van der Waals surface area contributed by atoms with Gasteiger partial charge in [-0.15, -0.1) is 0 Å². The third-order valence-corrected chi connectivity index (χ3v) is 2.73. The zero-order valence-electron chi connectivity index (χ0n) is 12.7. The Morgan fingerprint density at radius 3 is 1.41 bits per heavy atom. The number of aliphatic carboxylic acids is 2. The fraction of sp³-hybridized carbons (Fsp3) is 0.833. The molecule has 10 nitrogen and oxygen atoms in total. The van der Waals surface area contributed by atoms with Gasteiger partial charge in [-0.1, -0.05) is 0 Å². The molecular weight excluding hydrogens is 296 g/mol. The highest BCUT2D eigenvalue weighted by molar-refractivity contribution is 5.76. The van der Waals surface area contributed by atoms with E-state index in [1.165, 1.54) is 52.4 Å². The van der Waals surface area contributed by atoms with Crippen molar-refractivity contribution >= 4 is 11.9 Å². The summed E-state index contributed by atoms with van der Waals surface area (Å²) >= 11 is 0. The van der Waals surface area contributed by atoms with Gasteiger partial charge in [-0.05, 0) is 0 Å². The van der Waals surface area contributed by atoms with Gasteiger partial charge in [0.1, 0.15) is 0 Å². The average Bonchev–Trinajstić information content (AvgIpc) is 2.51. The molecule has 0 spiro atoms. The second-order valence-corrected chi connectivity index (χ2v) is 4.64. The predicted octanol–water partition coefficient (Wildman–Crippen LogP) is -8.28. The van der Waals surface area contributed by atoms with Gasteiger partial charge in [-0.2, -0.15) is 0 Å². The molecule has 0 amide bonds. The largest absolute Gasteiger partial charge is 0.550 e. The molecule has 0 radical (unpaired) electrons. The van der Waals surface area contributed by atoms with Crippen LogP contribution in [0.1, 0.15) is 6.42 Å². The van der Waals surface area contributed by atoms with Crippen molar-refractivity contribution in [2.45, 2.75) is 12.5 Å². The van der Waals surface area contributed by atoms with Crippen LogP contribution in [0.5, 0.6) is 0 Å². The van der Waals surface area contributed by atoms with Gasteiger partial charge in [0.15, 0.2) is 0 Å². The van der Waals surface area contributed by atoms with Crippen molar-refractivity contribution in [1.82, 2.24) is 10.6 Å². The Morgan fingerprint density at radius 2 is 1.32 bits per heavy atom. The van der Waals surface area contributed by atoms with Crippen LogP contribution < -0.4 is 31.5 Å². The van der Waals surface area contributed by atoms with Gasteiger partial charge in [0, 0.05) is 38.6 Å². The van der Waals surface area contributed by atoms with Crippen LogP contribution in [-0.2, 0) is 9.59 Å². The van der Waals surface area contributed by atoms with E-state index in [9.17, 15) is 19.8 Å². The molecule has 2 aliphatic heterocycles. The van der Waals surface area contributed by atoms with Gasteiger partial charge in [-0.25, -0.2) is 0 Å². The number of nitrogens with one attached hydrogen (secondary N) is 2. The van der Waals surface area contributed by atoms with E-state index in [4.69, 9.17) is 5.11 Å². The zero-order valence-corrected chi connectivity index (χ0v) is 12.7. The summed E-state index contributed by atoms with van der Waals surface area (Å²) in [4.78, 5) is 19.1. The molecule has 0 aliphatic carbocycles. The van der Waals surface area contributed by atoms with Crippen molar-refractivity contribution in [3.8, 4) is 0 Å². The second kappa shape index (κ2) is 16.1. The molecule has 2 fully saturated rings. The molecular formula is C12H28N4O6. The smallest absolute Gasteiger partial charge is 0.0985 e. The van der Waals surface area contributed by atoms with Crippen LogP contribution in [0.25, 0.3) is 0 Å². The molecule has 0 unspecified atom stereocenters. The zero-order chi connectivity index (χ0) is 15.9. The number of aliphatic hydroxyl groups excluding tert-OH is 1. The molecule has 0 saturated carbocycles. The molecule has 132 valence electrons. The van der Waals surface area contributed by atoms with Gasteiger partial charge >= 0.3 is 0 Å². The summed E-state index contributed by atoms with van der Waals surface area (Å²) in [6.07, 6.45) is -2.89. The van der Waals surface area contributed by atoms with Crippen LogP contribution >= 0.6 is 0 Å². The topological polar surface area (TPSA) is 189 Å². The van der Waals surface area contributed by atoms with Crippen molar-refractivity contribution in [1.29, 1.82) is 0 Å². The lowest BCUT2D eigenvalue weighted by Crippen LogP contribution is -2.89. The minimum absolute atomic E-state index is 0. The molecule has 2 saturated heterocycles. The first-order valence-corrected chi connectivity index (χ1v) is 7.17. The van der Waals surface area contributed by atoms with Gasteiger partial charge in [0.05, 0.1) is 38.3 Å². The van der Waals surface area contributed by atoms with Crippen LogP contribution in [-0.4, -0.2) is 81.0 Å². The maximum absolute atomic E-state index is 9.58. The number of carboxylic acid groups (broad SMARTS) is 2. The summed E-state index contributed by atoms with van der Waals surface area (Å²) in [5.74, 6) is -3.43. The molecule has 2 rings (SSSR count). The number of carboxylic acids is 2. The second-order valence-electron chi connectivity index (χ2n) is 4.64. The fourth-order valence-corrected chi connectivity index (χ4v) is 1.60. The van der Waals surface area contributed by atoms with Crippen molar-refractivity contribution < 1.29 is 41.0 Å². The lowest BCUT2D eigenvalue weighted by atomic mass is 10.3. The normalized spacial score (nSPS) is 18.2. The van der Waals surface area contributed by atoms with E-state index >= 15 is 0 Å². The lowest BCUT2D eigenvalue weighted by Gasteiger charge is -2.10. The average molecular weight is 324 g/mol. The summed E-state index contributed by atoms with van der Waals surface area (Å²) in [6.45, 7) is 9.83. The van der Waals surface area contributed by atoms with Gasteiger partial charge < -0.3 is 51.7 Å². The van der Waals surface area contributed by atoms with E-state index in [2.05, 4.69) is 21.3 Å². The minimum atomic E-state index is -1.96. The number of hydrogen-bond acceptors (Lipinski definition) is 7. The summed E-state index contributed by atoms with van der Waals surface area (Å²) in [6, 6.07) is 0. The standard InChI is InChI=1S/2C4H10N2.C4H6O5.H2O/c2*1-2-6-4-3-5-1;5-2(4(8)9)1-3(6)7;/h2*5-6H,1-4H2;2,5H,1H2,(H,6,7)(H,8,9);1H2/t;;2-;/m..0./s1. The first-order chi connectivity index (χ1) is 10.0. The number of rotatable bonds is 3. The van der Waals surface area contributed by atoms with Crippen LogP contribution in [0.4, 0.5) is 0 Å². The SMILES string of the molecule is C1C[NH2+]CCN1.C1C[NH2+]CCN1.O.O=C([O-])C[C@H](O)C(=O)[O-]. The van der Waals surface area contributed by atoms with Crippen LogP contribution in [0.3, 0.4) is 0 Å². The number of quaternary nitrogens is 2. The highest BCUT2D eigenvalue weighted by Gasteiger charge is 2.03. The monoisotopic (exact) mass is 324 g/mol. The third-order valence-electron chi connectivity index (χ3n) is 2.73. The first-order valence-electron chi connectivity index (χ1n) is 7.17. The van der Waals surface area contributed by atoms with Crippen molar-refractivity contribution in [2.24, 2.45) is 0 Å². The number of carbonyl (C=O) groups is 2. The highest BCUT2D eigenvalue weighted by atomic mass is 16.4. The Kier molecular flexibility index (Phi) is 16.8. The van der Waals surface area contributed by atoms with E-state index < -0.39 is 24.5 Å².